The van der Waals surface area contributed by atoms with Crippen LogP contribution in [0.1, 0.15) is 23.5 Å². The van der Waals surface area contributed by atoms with E-state index in [1.807, 2.05) is 36.4 Å². The molecule has 3 heterocycles. The summed E-state index contributed by atoms with van der Waals surface area (Å²) < 4.78 is 10.9. The number of hydrogen-bond donors (Lipinski definition) is 4. The van der Waals surface area contributed by atoms with Crippen molar-refractivity contribution in [2.45, 2.75) is 17.8 Å². The molecule has 5 aromatic rings. The number of rotatable bonds is 4. The van der Waals surface area contributed by atoms with E-state index in [1.165, 1.54) is 6.26 Å². The van der Waals surface area contributed by atoms with Crippen LogP contribution in [-0.2, 0) is 10.2 Å². The number of aromatic nitrogens is 2. The molecule has 1 spiro atoms. The van der Waals surface area contributed by atoms with Crippen molar-refractivity contribution in [1.82, 2.24) is 10.2 Å². The summed E-state index contributed by atoms with van der Waals surface area (Å²) in [5.41, 5.74) is 4.56. The van der Waals surface area contributed by atoms with Gasteiger partial charge in [0.05, 0.1) is 29.1 Å². The van der Waals surface area contributed by atoms with Crippen LogP contribution >= 0.6 is 0 Å². The van der Waals surface area contributed by atoms with Gasteiger partial charge in [-0.2, -0.15) is 5.10 Å². The molecule has 4 N–H and O–H groups in total. The summed E-state index contributed by atoms with van der Waals surface area (Å²) in [7, 11) is 1.63. The first-order valence-electron chi connectivity index (χ1n) is 11.0. The largest absolute Gasteiger partial charge is 0.504 e. The summed E-state index contributed by atoms with van der Waals surface area (Å²) in [5, 5.41) is 25.4. The molecule has 8 heteroatoms. The maximum absolute atomic E-state index is 13.0. The van der Waals surface area contributed by atoms with Gasteiger partial charge in [-0.15, -0.1) is 0 Å². The predicted octanol–water partition coefficient (Wildman–Crippen LogP) is 5.14. The van der Waals surface area contributed by atoms with E-state index in [0.29, 0.717) is 22.5 Å². The molecule has 2 aliphatic rings. The van der Waals surface area contributed by atoms with Crippen LogP contribution in [0.5, 0.6) is 11.5 Å². The highest BCUT2D eigenvalue weighted by Crippen LogP contribution is 2.65. The molecule has 8 nitrogen and oxygen atoms in total. The van der Waals surface area contributed by atoms with Crippen LogP contribution in [0.4, 0.5) is 17.2 Å². The Morgan fingerprint density at radius 3 is 2.97 bits per heavy atom. The van der Waals surface area contributed by atoms with Gasteiger partial charge in [0.25, 0.3) is 0 Å². The number of nitrogens with zero attached hydrogens (tertiary/aromatic N) is 1. The molecular formula is C26H20N4O4. The first-order chi connectivity index (χ1) is 16.6. The summed E-state index contributed by atoms with van der Waals surface area (Å²) in [5.74, 6) is 1.64. The van der Waals surface area contributed by atoms with Gasteiger partial charge >= 0.3 is 0 Å². The number of nitrogens with one attached hydrogen (secondary N) is 3. The number of para-hydroxylation sites is 1. The molecule has 1 amide bonds. The number of hydrogen-bond acceptors (Lipinski definition) is 6. The van der Waals surface area contributed by atoms with E-state index in [0.717, 1.165) is 39.9 Å². The lowest BCUT2D eigenvalue weighted by Gasteiger charge is -2.10. The minimum Gasteiger partial charge on any atom is -0.504 e. The summed E-state index contributed by atoms with van der Waals surface area (Å²) in [6.07, 6.45) is 2.08. The van der Waals surface area contributed by atoms with Gasteiger partial charge in [0.1, 0.15) is 12.0 Å². The molecule has 34 heavy (non-hydrogen) atoms. The Kier molecular flexibility index (Phi) is 3.66. The lowest BCUT2D eigenvalue weighted by Crippen LogP contribution is -2.21. The van der Waals surface area contributed by atoms with E-state index in [4.69, 9.17) is 9.15 Å². The number of carbonyl (C=O) groups is 1. The number of carbonyl (C=O) groups excluding carboxylic acids is 1. The van der Waals surface area contributed by atoms with Gasteiger partial charge in [0, 0.05) is 17.0 Å². The highest BCUT2D eigenvalue weighted by atomic mass is 16.5. The van der Waals surface area contributed by atoms with Crippen molar-refractivity contribution in [2.24, 2.45) is 0 Å². The summed E-state index contributed by atoms with van der Waals surface area (Å²) in [4.78, 5) is 13.0. The van der Waals surface area contributed by atoms with Crippen LogP contribution in [-0.4, -0.2) is 28.3 Å². The lowest BCUT2D eigenvalue weighted by atomic mass is 9.91. The van der Waals surface area contributed by atoms with E-state index >= 15 is 0 Å². The SMILES string of the molecule is COc1ccc2c(c1)[C@]1(C[C@H]1c1ccc3c(Nc4cccc5c(O)coc45)n[nH]c3c1)C(=O)N2. The minimum absolute atomic E-state index is 0.0441. The molecule has 1 aliphatic carbocycles. The molecule has 1 aliphatic heterocycles. The van der Waals surface area contributed by atoms with Crippen molar-refractivity contribution in [3.05, 3.63) is 72.0 Å². The fourth-order valence-electron chi connectivity index (χ4n) is 5.32. The third-order valence-electron chi connectivity index (χ3n) is 7.14. The van der Waals surface area contributed by atoms with Crippen molar-refractivity contribution in [3.8, 4) is 11.5 Å². The van der Waals surface area contributed by atoms with Crippen molar-refractivity contribution in [3.63, 3.8) is 0 Å². The van der Waals surface area contributed by atoms with Gasteiger partial charge in [-0.3, -0.25) is 9.89 Å². The van der Waals surface area contributed by atoms with Gasteiger partial charge in [-0.25, -0.2) is 0 Å². The molecule has 0 unspecified atom stereocenters. The molecule has 1 fully saturated rings. The van der Waals surface area contributed by atoms with Crippen LogP contribution < -0.4 is 15.4 Å². The molecule has 1 saturated carbocycles. The number of ether oxygens (including phenoxy) is 1. The zero-order valence-corrected chi connectivity index (χ0v) is 18.2. The Labute approximate surface area is 193 Å². The van der Waals surface area contributed by atoms with Crippen LogP contribution in [0.3, 0.4) is 0 Å². The number of anilines is 3. The Balaban J connectivity index is 1.23. The second-order valence-electron chi connectivity index (χ2n) is 8.90. The molecule has 168 valence electrons. The van der Waals surface area contributed by atoms with E-state index in [-0.39, 0.29) is 17.6 Å². The number of methoxy groups -OCH3 is 1. The van der Waals surface area contributed by atoms with E-state index in [2.05, 4.69) is 33.0 Å². The molecule has 2 atom stereocenters. The number of aromatic hydroxyl groups is 1. The van der Waals surface area contributed by atoms with Crippen molar-refractivity contribution in [2.75, 3.05) is 17.7 Å². The zero-order valence-electron chi connectivity index (χ0n) is 18.2. The van der Waals surface area contributed by atoms with E-state index in [1.54, 1.807) is 13.2 Å². The van der Waals surface area contributed by atoms with Crippen LogP contribution in [0.2, 0.25) is 0 Å². The Morgan fingerprint density at radius 2 is 2.09 bits per heavy atom. The standard InChI is InChI=1S/C26H20N4O4/c1-33-14-6-8-19-17(10-14)26(25(32)28-19)11-18(26)13-5-7-15-21(9-13)29-30-24(15)27-20-4-2-3-16-22(31)12-34-23(16)20/h2-10,12,18,31H,11H2,1H3,(H,28,32)(H2,27,29,30)/t18-,26-/m0/s1. The summed E-state index contributed by atoms with van der Waals surface area (Å²) in [6.45, 7) is 0. The predicted molar refractivity (Wildman–Crippen MR) is 128 cm³/mol. The summed E-state index contributed by atoms with van der Waals surface area (Å²) in [6, 6.07) is 17.4. The molecule has 2 aromatic heterocycles. The first-order valence-corrected chi connectivity index (χ1v) is 11.0. The van der Waals surface area contributed by atoms with E-state index in [9.17, 15) is 9.90 Å². The topological polar surface area (TPSA) is 112 Å². The van der Waals surface area contributed by atoms with Crippen LogP contribution in [0.25, 0.3) is 21.9 Å². The van der Waals surface area contributed by atoms with Gasteiger partial charge < -0.3 is 24.9 Å². The molecule has 3 aromatic carbocycles. The molecule has 0 bridgehead atoms. The smallest absolute Gasteiger partial charge is 0.235 e. The van der Waals surface area contributed by atoms with Gasteiger partial charge in [-0.05, 0) is 60.0 Å². The first kappa shape index (κ1) is 19.0. The van der Waals surface area contributed by atoms with Gasteiger partial charge in [-0.1, -0.05) is 12.1 Å². The van der Waals surface area contributed by atoms with Crippen molar-refractivity contribution >= 4 is 45.0 Å². The number of aromatic amines is 1. The zero-order chi connectivity index (χ0) is 23.0. The number of furan rings is 1. The third kappa shape index (κ3) is 2.47. The van der Waals surface area contributed by atoms with Crippen LogP contribution in [0, 0.1) is 0 Å². The molecule has 0 saturated heterocycles. The molecule has 7 rings (SSSR count). The fraction of sp³-hybridized carbons (Fsp3) is 0.154. The Bertz CT molecular complexity index is 1630. The average Bonchev–Trinajstić information content (AvgIpc) is 3.18. The maximum atomic E-state index is 13.0. The Morgan fingerprint density at radius 1 is 1.18 bits per heavy atom. The lowest BCUT2D eigenvalue weighted by molar-refractivity contribution is -0.118. The third-order valence-corrected chi connectivity index (χ3v) is 7.14. The highest BCUT2D eigenvalue weighted by molar-refractivity contribution is 6.10. The Hall–Kier alpha value is -4.46. The molecule has 0 radical (unpaired) electrons. The quantitative estimate of drug-likeness (QED) is 0.300. The maximum Gasteiger partial charge on any atom is 0.235 e. The number of amides is 1. The second-order valence-corrected chi connectivity index (χ2v) is 8.90. The minimum atomic E-state index is -0.546. The number of H-pyrrole nitrogens is 1. The fourth-order valence-corrected chi connectivity index (χ4v) is 5.32. The van der Waals surface area contributed by atoms with Crippen molar-refractivity contribution in [1.29, 1.82) is 0 Å². The van der Waals surface area contributed by atoms with Crippen molar-refractivity contribution < 1.29 is 19.1 Å². The van der Waals surface area contributed by atoms with Gasteiger partial charge in [0.2, 0.25) is 5.91 Å². The second kappa shape index (κ2) is 6.54. The van der Waals surface area contributed by atoms with Gasteiger partial charge in [0.15, 0.2) is 17.2 Å². The number of fused-ring (bicyclic) bond motifs is 4. The normalized spacial score (nSPS) is 20.6. The molecular weight excluding hydrogens is 432 g/mol. The van der Waals surface area contributed by atoms with Crippen LogP contribution in [0.15, 0.2) is 65.3 Å². The number of benzene rings is 3. The monoisotopic (exact) mass is 452 g/mol. The average molecular weight is 452 g/mol. The highest BCUT2D eigenvalue weighted by Gasteiger charge is 2.65. The summed E-state index contributed by atoms with van der Waals surface area (Å²) >= 11 is 0. The van der Waals surface area contributed by atoms with E-state index < -0.39 is 5.41 Å².